The molecule has 0 radical (unpaired) electrons. The van der Waals surface area contributed by atoms with Gasteiger partial charge in [-0.1, -0.05) is 0 Å². The number of rotatable bonds is 3. The number of aromatic amines is 1. The molecule has 0 spiro atoms. The molecule has 0 aliphatic carbocycles. The summed E-state index contributed by atoms with van der Waals surface area (Å²) in [6.07, 6.45) is 0. The molecule has 5 nitrogen and oxygen atoms in total. The molecule has 0 bridgehead atoms. The highest BCUT2D eigenvalue weighted by Crippen LogP contribution is 2.34. The summed E-state index contributed by atoms with van der Waals surface area (Å²) in [5.41, 5.74) is 6.62. The maximum absolute atomic E-state index is 13.6. The number of aromatic nitrogens is 2. The lowest BCUT2D eigenvalue weighted by Gasteiger charge is -2.09. The highest BCUT2D eigenvalue weighted by atomic mass is 19.1. The van der Waals surface area contributed by atoms with Crippen molar-refractivity contribution in [2.24, 2.45) is 0 Å². The number of methoxy groups -OCH3 is 2. The fourth-order valence-electron chi connectivity index (χ4n) is 1.55. The van der Waals surface area contributed by atoms with Gasteiger partial charge in [0.15, 0.2) is 11.6 Å². The van der Waals surface area contributed by atoms with Gasteiger partial charge in [-0.25, -0.2) is 4.39 Å². The Balaban J connectivity index is 2.57. The van der Waals surface area contributed by atoms with E-state index >= 15 is 0 Å². The lowest BCUT2D eigenvalue weighted by Crippen LogP contribution is -1.94. The van der Waals surface area contributed by atoms with Crippen LogP contribution in [0.25, 0.3) is 11.3 Å². The molecule has 17 heavy (non-hydrogen) atoms. The van der Waals surface area contributed by atoms with Crippen LogP contribution in [-0.2, 0) is 0 Å². The van der Waals surface area contributed by atoms with E-state index < -0.39 is 5.82 Å². The minimum absolute atomic E-state index is 0.123. The Bertz CT molecular complexity index is 540. The highest BCUT2D eigenvalue weighted by Gasteiger charge is 2.14. The van der Waals surface area contributed by atoms with Gasteiger partial charge in [0.05, 0.1) is 19.9 Å². The molecule has 90 valence electrons. The molecule has 2 aromatic rings. The first kappa shape index (κ1) is 11.3. The lowest BCUT2D eigenvalue weighted by atomic mass is 10.1. The van der Waals surface area contributed by atoms with Gasteiger partial charge >= 0.3 is 0 Å². The van der Waals surface area contributed by atoms with Crippen LogP contribution in [-0.4, -0.2) is 24.4 Å². The highest BCUT2D eigenvalue weighted by molar-refractivity contribution is 5.70. The normalized spacial score (nSPS) is 10.3. The van der Waals surface area contributed by atoms with Crippen molar-refractivity contribution in [3.8, 4) is 22.8 Å². The van der Waals surface area contributed by atoms with Gasteiger partial charge in [0.2, 0.25) is 0 Å². The summed E-state index contributed by atoms with van der Waals surface area (Å²) in [6.45, 7) is 0. The number of nitrogens with one attached hydrogen (secondary N) is 1. The van der Waals surface area contributed by atoms with E-state index in [1.54, 1.807) is 6.07 Å². The quantitative estimate of drug-likeness (QED) is 0.853. The predicted molar refractivity (Wildman–Crippen MR) is 61.5 cm³/mol. The Morgan fingerprint density at radius 2 is 1.88 bits per heavy atom. The van der Waals surface area contributed by atoms with Crippen molar-refractivity contribution in [3.05, 3.63) is 24.0 Å². The summed E-state index contributed by atoms with van der Waals surface area (Å²) >= 11 is 0. The zero-order valence-electron chi connectivity index (χ0n) is 9.45. The number of anilines is 1. The van der Waals surface area contributed by atoms with Crippen LogP contribution < -0.4 is 15.2 Å². The van der Waals surface area contributed by atoms with Gasteiger partial charge in [0, 0.05) is 17.7 Å². The summed E-state index contributed by atoms with van der Waals surface area (Å²) in [5, 5.41) is 6.48. The Hall–Kier alpha value is -2.24. The van der Waals surface area contributed by atoms with Gasteiger partial charge in [-0.05, 0) is 6.07 Å². The van der Waals surface area contributed by atoms with Crippen molar-refractivity contribution in [1.29, 1.82) is 0 Å². The molecule has 0 saturated heterocycles. The van der Waals surface area contributed by atoms with E-state index in [-0.39, 0.29) is 5.75 Å². The molecular weight excluding hydrogens is 225 g/mol. The third kappa shape index (κ3) is 2.01. The minimum Gasteiger partial charge on any atom is -0.496 e. The van der Waals surface area contributed by atoms with Crippen molar-refractivity contribution in [3.63, 3.8) is 0 Å². The first-order valence-corrected chi connectivity index (χ1v) is 4.88. The molecule has 1 aromatic carbocycles. The van der Waals surface area contributed by atoms with Crippen LogP contribution >= 0.6 is 0 Å². The van der Waals surface area contributed by atoms with E-state index in [2.05, 4.69) is 10.2 Å². The number of nitrogens with zero attached hydrogens (tertiary/aromatic N) is 1. The SMILES string of the molecule is COc1cc(OC)c(-c2cc(N)n[nH]2)cc1F. The minimum atomic E-state index is -0.475. The Morgan fingerprint density at radius 3 is 2.41 bits per heavy atom. The monoisotopic (exact) mass is 237 g/mol. The molecule has 0 atom stereocenters. The number of nitrogens with two attached hydrogens (primary N) is 1. The Morgan fingerprint density at radius 1 is 1.18 bits per heavy atom. The summed E-state index contributed by atoms with van der Waals surface area (Å²) in [7, 11) is 2.89. The average Bonchev–Trinajstić information content (AvgIpc) is 2.75. The van der Waals surface area contributed by atoms with E-state index in [1.165, 1.54) is 26.4 Å². The van der Waals surface area contributed by atoms with Crippen LogP contribution in [0.5, 0.6) is 11.5 Å². The van der Waals surface area contributed by atoms with E-state index in [9.17, 15) is 4.39 Å². The molecule has 6 heteroatoms. The summed E-state index contributed by atoms with van der Waals surface area (Å²) in [6, 6.07) is 4.39. The van der Waals surface area contributed by atoms with Gasteiger partial charge < -0.3 is 15.2 Å². The number of nitrogen functional groups attached to an aromatic ring is 1. The average molecular weight is 237 g/mol. The van der Waals surface area contributed by atoms with E-state index in [0.717, 1.165) is 0 Å². The maximum atomic E-state index is 13.6. The molecule has 0 aliphatic heterocycles. The molecule has 0 amide bonds. The first-order chi connectivity index (χ1) is 8.15. The standard InChI is InChI=1S/C11H12FN3O2/c1-16-9-5-10(17-2)7(12)3-6(9)8-4-11(13)15-14-8/h3-5H,1-2H3,(H3,13,14,15). The number of halogens is 1. The van der Waals surface area contributed by atoms with Gasteiger partial charge in [0.25, 0.3) is 0 Å². The number of ether oxygens (including phenoxy) is 2. The first-order valence-electron chi connectivity index (χ1n) is 4.88. The summed E-state index contributed by atoms with van der Waals surface area (Å²) in [4.78, 5) is 0. The molecule has 0 saturated carbocycles. The third-order valence-electron chi connectivity index (χ3n) is 2.36. The largest absolute Gasteiger partial charge is 0.496 e. The topological polar surface area (TPSA) is 73.2 Å². The van der Waals surface area contributed by atoms with Gasteiger partial charge in [0.1, 0.15) is 11.6 Å². The van der Waals surface area contributed by atoms with Crippen molar-refractivity contribution >= 4 is 5.82 Å². The molecule has 2 rings (SSSR count). The summed E-state index contributed by atoms with van der Waals surface area (Å²) in [5.74, 6) is 0.458. The molecular formula is C11H12FN3O2. The van der Waals surface area contributed by atoms with Gasteiger partial charge in [-0.15, -0.1) is 0 Å². The van der Waals surface area contributed by atoms with E-state index in [0.29, 0.717) is 22.8 Å². The Labute approximate surface area is 97.3 Å². The van der Waals surface area contributed by atoms with Crippen molar-refractivity contribution in [2.45, 2.75) is 0 Å². The zero-order valence-corrected chi connectivity index (χ0v) is 9.45. The second-order valence-electron chi connectivity index (χ2n) is 3.39. The molecule has 1 aromatic heterocycles. The number of H-pyrrole nitrogens is 1. The van der Waals surface area contributed by atoms with E-state index in [1.807, 2.05) is 0 Å². The number of hydrogen-bond donors (Lipinski definition) is 2. The van der Waals surface area contributed by atoms with Crippen molar-refractivity contribution in [1.82, 2.24) is 10.2 Å². The van der Waals surface area contributed by atoms with Crippen LogP contribution in [0.15, 0.2) is 18.2 Å². The lowest BCUT2D eigenvalue weighted by molar-refractivity contribution is 0.374. The predicted octanol–water partition coefficient (Wildman–Crippen LogP) is 1.82. The molecule has 0 fully saturated rings. The Kier molecular flexibility index (Phi) is 2.86. The molecule has 0 aliphatic rings. The van der Waals surface area contributed by atoms with Gasteiger partial charge in [-0.2, -0.15) is 5.10 Å². The molecule has 1 heterocycles. The van der Waals surface area contributed by atoms with Crippen LogP contribution in [0.4, 0.5) is 10.2 Å². The fourth-order valence-corrected chi connectivity index (χ4v) is 1.55. The van der Waals surface area contributed by atoms with Gasteiger partial charge in [-0.3, -0.25) is 5.10 Å². The van der Waals surface area contributed by atoms with Crippen LogP contribution in [0.1, 0.15) is 0 Å². The third-order valence-corrected chi connectivity index (χ3v) is 2.36. The second kappa shape index (κ2) is 4.32. The van der Waals surface area contributed by atoms with Crippen LogP contribution in [0.3, 0.4) is 0 Å². The smallest absolute Gasteiger partial charge is 0.166 e. The van der Waals surface area contributed by atoms with Crippen molar-refractivity contribution < 1.29 is 13.9 Å². The zero-order chi connectivity index (χ0) is 12.4. The summed E-state index contributed by atoms with van der Waals surface area (Å²) < 4.78 is 23.7. The maximum Gasteiger partial charge on any atom is 0.166 e. The number of benzene rings is 1. The van der Waals surface area contributed by atoms with Crippen molar-refractivity contribution in [2.75, 3.05) is 20.0 Å². The van der Waals surface area contributed by atoms with Crippen LogP contribution in [0, 0.1) is 5.82 Å². The number of hydrogen-bond acceptors (Lipinski definition) is 4. The van der Waals surface area contributed by atoms with Crippen LogP contribution in [0.2, 0.25) is 0 Å². The van der Waals surface area contributed by atoms with E-state index in [4.69, 9.17) is 15.2 Å². The fraction of sp³-hybridized carbons (Fsp3) is 0.182. The second-order valence-corrected chi connectivity index (χ2v) is 3.39. The molecule has 3 N–H and O–H groups in total. The molecule has 0 unspecified atom stereocenters.